The van der Waals surface area contributed by atoms with Crippen molar-refractivity contribution in [2.24, 2.45) is 11.8 Å². The van der Waals surface area contributed by atoms with Gasteiger partial charge in [-0.2, -0.15) is 0 Å². The standard InChI is InChI=1S/C16H23ClN2O/c1-5-18-16(10(4)9(2)3)12-6-11-7-15(20)19-14(11)8-13(12)17/h6,8-10,16,18H,5,7H2,1-4H3,(H,19,20). The molecule has 0 saturated heterocycles. The van der Waals surface area contributed by atoms with E-state index in [4.69, 9.17) is 11.6 Å². The quantitative estimate of drug-likeness (QED) is 0.868. The zero-order chi connectivity index (χ0) is 14.9. The zero-order valence-corrected chi connectivity index (χ0v) is 13.3. The van der Waals surface area contributed by atoms with Crippen LogP contribution in [0.25, 0.3) is 0 Å². The first kappa shape index (κ1) is 15.3. The van der Waals surface area contributed by atoms with E-state index in [9.17, 15) is 4.79 Å². The molecule has 0 aromatic heterocycles. The summed E-state index contributed by atoms with van der Waals surface area (Å²) >= 11 is 6.44. The van der Waals surface area contributed by atoms with Gasteiger partial charge in [0.2, 0.25) is 5.91 Å². The Bertz CT molecular complexity index is 513. The molecule has 0 saturated carbocycles. The van der Waals surface area contributed by atoms with Gasteiger partial charge in [-0.3, -0.25) is 4.79 Å². The first-order chi connectivity index (χ1) is 9.43. The average molecular weight is 295 g/mol. The van der Waals surface area contributed by atoms with Gasteiger partial charge in [0.05, 0.1) is 6.42 Å². The molecule has 2 N–H and O–H groups in total. The third-order valence-corrected chi connectivity index (χ3v) is 4.51. The Morgan fingerprint density at radius 3 is 2.65 bits per heavy atom. The molecule has 1 aliphatic heterocycles. The molecule has 2 unspecified atom stereocenters. The van der Waals surface area contributed by atoms with Gasteiger partial charge in [-0.1, -0.05) is 45.4 Å². The molecule has 1 amide bonds. The molecule has 0 radical (unpaired) electrons. The largest absolute Gasteiger partial charge is 0.325 e. The van der Waals surface area contributed by atoms with Crippen molar-refractivity contribution in [2.75, 3.05) is 11.9 Å². The predicted octanol–water partition coefficient (Wildman–Crippen LogP) is 3.78. The summed E-state index contributed by atoms with van der Waals surface area (Å²) in [6, 6.07) is 4.18. The highest BCUT2D eigenvalue weighted by Crippen LogP contribution is 2.37. The van der Waals surface area contributed by atoms with Gasteiger partial charge in [0.1, 0.15) is 0 Å². The Morgan fingerprint density at radius 1 is 1.35 bits per heavy atom. The zero-order valence-electron chi connectivity index (χ0n) is 12.6. The Labute approximate surface area is 126 Å². The van der Waals surface area contributed by atoms with Crippen molar-refractivity contribution >= 4 is 23.2 Å². The van der Waals surface area contributed by atoms with Crippen LogP contribution in [0.1, 0.15) is 44.9 Å². The second-order valence-electron chi connectivity index (χ2n) is 5.89. The Morgan fingerprint density at radius 2 is 2.05 bits per heavy atom. The van der Waals surface area contributed by atoms with E-state index in [2.05, 4.69) is 44.4 Å². The number of benzene rings is 1. The lowest BCUT2D eigenvalue weighted by Gasteiger charge is -2.29. The highest BCUT2D eigenvalue weighted by Gasteiger charge is 2.26. The average Bonchev–Trinajstić information content (AvgIpc) is 2.73. The summed E-state index contributed by atoms with van der Waals surface area (Å²) in [6.45, 7) is 9.69. The molecule has 0 aliphatic carbocycles. The van der Waals surface area contributed by atoms with Gasteiger partial charge in [-0.15, -0.1) is 0 Å². The van der Waals surface area contributed by atoms with Crippen LogP contribution in [0.5, 0.6) is 0 Å². The fraction of sp³-hybridized carbons (Fsp3) is 0.562. The number of hydrogen-bond donors (Lipinski definition) is 2. The van der Waals surface area contributed by atoms with E-state index in [1.165, 1.54) is 0 Å². The third kappa shape index (κ3) is 2.99. The van der Waals surface area contributed by atoms with Gasteiger partial charge >= 0.3 is 0 Å². The van der Waals surface area contributed by atoms with Gasteiger partial charge in [0, 0.05) is 16.8 Å². The molecule has 4 heteroatoms. The van der Waals surface area contributed by atoms with Crippen LogP contribution in [-0.4, -0.2) is 12.5 Å². The molecule has 2 rings (SSSR count). The molecular weight excluding hydrogens is 272 g/mol. The first-order valence-electron chi connectivity index (χ1n) is 7.29. The fourth-order valence-electron chi connectivity index (χ4n) is 2.69. The van der Waals surface area contributed by atoms with Crippen LogP contribution in [0.4, 0.5) is 5.69 Å². The minimum Gasteiger partial charge on any atom is -0.325 e. The van der Waals surface area contributed by atoms with Crippen LogP contribution in [-0.2, 0) is 11.2 Å². The van der Waals surface area contributed by atoms with Crippen molar-refractivity contribution in [1.82, 2.24) is 5.32 Å². The van der Waals surface area contributed by atoms with E-state index < -0.39 is 0 Å². The normalized spacial score (nSPS) is 17.0. The smallest absolute Gasteiger partial charge is 0.228 e. The summed E-state index contributed by atoms with van der Waals surface area (Å²) in [6.07, 6.45) is 0.453. The van der Waals surface area contributed by atoms with Crippen molar-refractivity contribution in [3.8, 4) is 0 Å². The van der Waals surface area contributed by atoms with Crippen molar-refractivity contribution in [2.45, 2.75) is 40.2 Å². The van der Waals surface area contributed by atoms with Crippen molar-refractivity contribution in [3.05, 3.63) is 28.3 Å². The molecule has 3 nitrogen and oxygen atoms in total. The number of carbonyl (C=O) groups excluding carboxylic acids is 1. The summed E-state index contributed by atoms with van der Waals surface area (Å²) in [7, 11) is 0. The summed E-state index contributed by atoms with van der Waals surface area (Å²) in [4.78, 5) is 11.5. The number of hydrogen-bond acceptors (Lipinski definition) is 2. The molecule has 2 atom stereocenters. The van der Waals surface area contributed by atoms with E-state index in [1.54, 1.807) is 0 Å². The van der Waals surface area contributed by atoms with Crippen molar-refractivity contribution in [3.63, 3.8) is 0 Å². The van der Waals surface area contributed by atoms with Crippen LogP contribution >= 0.6 is 11.6 Å². The first-order valence-corrected chi connectivity index (χ1v) is 7.67. The van der Waals surface area contributed by atoms with E-state index >= 15 is 0 Å². The maximum atomic E-state index is 11.5. The Kier molecular flexibility index (Phi) is 4.71. The maximum absolute atomic E-state index is 11.5. The number of halogens is 1. The van der Waals surface area contributed by atoms with E-state index in [-0.39, 0.29) is 11.9 Å². The van der Waals surface area contributed by atoms with Crippen LogP contribution in [0.2, 0.25) is 5.02 Å². The van der Waals surface area contributed by atoms with Crippen LogP contribution in [0.15, 0.2) is 12.1 Å². The van der Waals surface area contributed by atoms with Crippen LogP contribution < -0.4 is 10.6 Å². The second-order valence-corrected chi connectivity index (χ2v) is 6.30. The lowest BCUT2D eigenvalue weighted by Crippen LogP contribution is -2.29. The highest BCUT2D eigenvalue weighted by atomic mass is 35.5. The maximum Gasteiger partial charge on any atom is 0.228 e. The molecule has 0 spiro atoms. The van der Waals surface area contributed by atoms with Crippen LogP contribution in [0, 0.1) is 11.8 Å². The number of fused-ring (bicyclic) bond motifs is 1. The predicted molar refractivity (Wildman–Crippen MR) is 84.2 cm³/mol. The molecule has 20 heavy (non-hydrogen) atoms. The SMILES string of the molecule is CCNC(c1cc2c(cc1Cl)NC(=O)C2)C(C)C(C)C. The molecule has 0 fully saturated rings. The van der Waals surface area contributed by atoms with Gasteiger partial charge in [0.25, 0.3) is 0 Å². The molecule has 1 heterocycles. The minimum atomic E-state index is 0.0464. The van der Waals surface area contributed by atoms with E-state index in [1.807, 2.05) is 6.07 Å². The minimum absolute atomic E-state index is 0.0464. The number of anilines is 1. The molecular formula is C16H23ClN2O. The molecule has 1 aromatic carbocycles. The fourth-order valence-corrected chi connectivity index (χ4v) is 2.97. The summed E-state index contributed by atoms with van der Waals surface area (Å²) in [5, 5.41) is 7.10. The van der Waals surface area contributed by atoms with Gasteiger partial charge in [-0.05, 0) is 35.6 Å². The van der Waals surface area contributed by atoms with Gasteiger partial charge < -0.3 is 10.6 Å². The number of carbonyl (C=O) groups is 1. The third-order valence-electron chi connectivity index (χ3n) is 4.18. The molecule has 1 aromatic rings. The number of nitrogens with one attached hydrogen (secondary N) is 2. The lowest BCUT2D eigenvalue weighted by molar-refractivity contribution is -0.115. The number of amides is 1. The Balaban J connectivity index is 2.39. The summed E-state index contributed by atoms with van der Waals surface area (Å²) in [5.74, 6) is 1.07. The molecule has 1 aliphatic rings. The van der Waals surface area contributed by atoms with Crippen molar-refractivity contribution in [1.29, 1.82) is 0 Å². The van der Waals surface area contributed by atoms with Crippen molar-refractivity contribution < 1.29 is 4.79 Å². The van der Waals surface area contributed by atoms with Gasteiger partial charge in [0.15, 0.2) is 0 Å². The van der Waals surface area contributed by atoms with E-state index in [0.717, 1.165) is 28.4 Å². The second kappa shape index (κ2) is 6.15. The summed E-state index contributed by atoms with van der Waals surface area (Å²) < 4.78 is 0. The Hall–Kier alpha value is -1.06. The number of rotatable bonds is 5. The van der Waals surface area contributed by atoms with Gasteiger partial charge in [-0.25, -0.2) is 0 Å². The van der Waals surface area contributed by atoms with E-state index in [0.29, 0.717) is 18.3 Å². The monoisotopic (exact) mass is 294 g/mol. The topological polar surface area (TPSA) is 41.1 Å². The van der Waals surface area contributed by atoms with Crippen LogP contribution in [0.3, 0.4) is 0 Å². The molecule has 110 valence electrons. The molecule has 0 bridgehead atoms. The lowest BCUT2D eigenvalue weighted by atomic mass is 9.85. The summed E-state index contributed by atoms with van der Waals surface area (Å²) in [5.41, 5.74) is 3.01. The highest BCUT2D eigenvalue weighted by molar-refractivity contribution is 6.32.